The minimum Gasteiger partial charge on any atom is -0.454 e. The first kappa shape index (κ1) is 29.8. The minimum absolute atomic E-state index is 0.0280. The number of benzene rings is 4. The van der Waals surface area contributed by atoms with Crippen molar-refractivity contribution >= 4 is 34.8 Å². The number of carbonyl (C=O) groups excluding carboxylic acids is 3. The summed E-state index contributed by atoms with van der Waals surface area (Å²) in [5.74, 6) is -0.905. The highest BCUT2D eigenvalue weighted by Gasteiger charge is 2.49. The Morgan fingerprint density at radius 1 is 0.978 bits per heavy atom. The first-order chi connectivity index (χ1) is 21.8. The van der Waals surface area contributed by atoms with Crippen LogP contribution in [0.15, 0.2) is 109 Å². The molecule has 4 aromatic carbocycles. The molecule has 2 heterocycles. The third-order valence-corrected chi connectivity index (χ3v) is 8.23. The van der Waals surface area contributed by atoms with E-state index in [1.54, 1.807) is 78.6 Å². The van der Waals surface area contributed by atoms with Crippen molar-refractivity contribution in [2.24, 2.45) is 5.92 Å². The summed E-state index contributed by atoms with van der Waals surface area (Å²) in [6.07, 6.45) is 3.31. The normalized spacial score (nSPS) is 17.5. The SMILES string of the molecule is C[C@H](/C=C/CC(=O)N(CCO)Cc1ccccc1)[C@@]1(O)C(=O)Nc2ccc(N3C(=O)c4ccccc4Oc4ccccc43)cc21. The first-order valence-electron chi connectivity index (χ1n) is 14.8. The molecule has 2 aliphatic rings. The third kappa shape index (κ3) is 5.59. The maximum absolute atomic E-state index is 13.9. The third-order valence-electron chi connectivity index (χ3n) is 8.23. The number of hydrogen-bond acceptors (Lipinski definition) is 6. The summed E-state index contributed by atoms with van der Waals surface area (Å²) in [7, 11) is 0. The van der Waals surface area contributed by atoms with Gasteiger partial charge >= 0.3 is 0 Å². The molecule has 0 unspecified atom stereocenters. The zero-order valence-corrected chi connectivity index (χ0v) is 24.7. The van der Waals surface area contributed by atoms with Gasteiger partial charge in [-0.05, 0) is 48.0 Å². The van der Waals surface area contributed by atoms with Gasteiger partial charge in [0.25, 0.3) is 11.8 Å². The fourth-order valence-electron chi connectivity index (χ4n) is 5.81. The number of amides is 3. The van der Waals surface area contributed by atoms with Gasteiger partial charge in [0.2, 0.25) is 5.91 Å². The van der Waals surface area contributed by atoms with Gasteiger partial charge in [0, 0.05) is 42.4 Å². The van der Waals surface area contributed by atoms with Crippen LogP contribution in [0.1, 0.15) is 34.8 Å². The Bertz CT molecular complexity index is 1790. The van der Waals surface area contributed by atoms with Gasteiger partial charge in [-0.15, -0.1) is 0 Å². The Morgan fingerprint density at radius 3 is 2.47 bits per heavy atom. The highest BCUT2D eigenvalue weighted by molar-refractivity contribution is 6.14. The van der Waals surface area contributed by atoms with E-state index in [-0.39, 0.29) is 31.4 Å². The molecule has 228 valence electrons. The second kappa shape index (κ2) is 12.4. The number of nitrogens with zero attached hydrogens (tertiary/aromatic N) is 2. The van der Waals surface area contributed by atoms with Gasteiger partial charge < -0.3 is 25.2 Å². The van der Waals surface area contributed by atoms with Crippen LogP contribution in [0.4, 0.5) is 17.1 Å². The summed E-state index contributed by atoms with van der Waals surface area (Å²) < 4.78 is 6.11. The number of fused-ring (bicyclic) bond motifs is 3. The monoisotopic (exact) mass is 603 g/mol. The average molecular weight is 604 g/mol. The Kier molecular flexibility index (Phi) is 8.21. The Balaban J connectivity index is 1.27. The van der Waals surface area contributed by atoms with Crippen LogP contribution >= 0.6 is 0 Å². The number of nitrogens with one attached hydrogen (secondary N) is 1. The molecule has 9 heteroatoms. The zero-order valence-electron chi connectivity index (χ0n) is 24.7. The number of aliphatic hydroxyl groups excluding tert-OH is 1. The van der Waals surface area contributed by atoms with Crippen LogP contribution < -0.4 is 15.0 Å². The highest BCUT2D eigenvalue weighted by atomic mass is 16.5. The molecular weight excluding hydrogens is 570 g/mol. The number of carbonyl (C=O) groups is 3. The van der Waals surface area contributed by atoms with Crippen molar-refractivity contribution in [1.82, 2.24) is 4.90 Å². The number of rotatable bonds is 9. The van der Waals surface area contributed by atoms with Crippen LogP contribution in [0.25, 0.3) is 0 Å². The maximum atomic E-state index is 13.9. The molecule has 9 nitrogen and oxygen atoms in total. The van der Waals surface area contributed by atoms with Gasteiger partial charge in [0.15, 0.2) is 11.4 Å². The fraction of sp³-hybridized carbons (Fsp3) is 0.194. The van der Waals surface area contributed by atoms with E-state index < -0.39 is 17.4 Å². The zero-order chi connectivity index (χ0) is 31.6. The van der Waals surface area contributed by atoms with Gasteiger partial charge in [-0.25, -0.2) is 0 Å². The number of hydrogen-bond donors (Lipinski definition) is 3. The molecule has 3 N–H and O–H groups in total. The first-order valence-corrected chi connectivity index (χ1v) is 14.8. The van der Waals surface area contributed by atoms with Crippen LogP contribution in [-0.2, 0) is 21.7 Å². The molecule has 0 bridgehead atoms. The van der Waals surface area contributed by atoms with Crippen LogP contribution in [-0.4, -0.2) is 46.0 Å². The molecule has 2 aliphatic heterocycles. The number of ether oxygens (including phenoxy) is 1. The summed E-state index contributed by atoms with van der Waals surface area (Å²) >= 11 is 0. The van der Waals surface area contributed by atoms with E-state index in [9.17, 15) is 24.6 Å². The van der Waals surface area contributed by atoms with Crippen molar-refractivity contribution in [3.8, 4) is 11.5 Å². The maximum Gasteiger partial charge on any atom is 0.266 e. The Hall–Kier alpha value is -5.25. The number of para-hydroxylation sites is 3. The number of aliphatic hydroxyl groups is 2. The van der Waals surface area contributed by atoms with Crippen molar-refractivity contribution in [3.05, 3.63) is 126 Å². The Labute approximate surface area is 261 Å². The molecule has 0 fully saturated rings. The van der Waals surface area contributed by atoms with Crippen LogP contribution in [0.5, 0.6) is 11.5 Å². The molecule has 0 saturated heterocycles. The van der Waals surface area contributed by atoms with E-state index in [0.29, 0.717) is 46.2 Å². The second-order valence-electron chi connectivity index (χ2n) is 11.1. The van der Waals surface area contributed by atoms with Crippen LogP contribution in [0.3, 0.4) is 0 Å². The topological polar surface area (TPSA) is 119 Å². The summed E-state index contributed by atoms with van der Waals surface area (Å²) in [4.78, 5) is 43.3. The molecule has 0 saturated carbocycles. The Morgan fingerprint density at radius 2 is 1.69 bits per heavy atom. The lowest BCUT2D eigenvalue weighted by molar-refractivity contribution is -0.137. The molecule has 2 atom stereocenters. The predicted molar refractivity (Wildman–Crippen MR) is 170 cm³/mol. The van der Waals surface area contributed by atoms with Crippen molar-refractivity contribution in [2.45, 2.75) is 25.5 Å². The van der Waals surface area contributed by atoms with E-state index in [0.717, 1.165) is 5.56 Å². The van der Waals surface area contributed by atoms with Crippen molar-refractivity contribution in [3.63, 3.8) is 0 Å². The van der Waals surface area contributed by atoms with Crippen LogP contribution in [0, 0.1) is 5.92 Å². The molecule has 6 rings (SSSR count). The predicted octanol–water partition coefficient (Wildman–Crippen LogP) is 5.51. The molecule has 3 amide bonds. The van der Waals surface area contributed by atoms with E-state index in [2.05, 4.69) is 5.32 Å². The quantitative estimate of drug-likeness (QED) is 0.217. The van der Waals surface area contributed by atoms with Crippen molar-refractivity contribution in [1.29, 1.82) is 0 Å². The van der Waals surface area contributed by atoms with Crippen molar-refractivity contribution < 1.29 is 29.3 Å². The molecule has 0 radical (unpaired) electrons. The lowest BCUT2D eigenvalue weighted by Crippen LogP contribution is -2.40. The van der Waals surface area contributed by atoms with E-state index in [1.165, 1.54) is 4.90 Å². The molecular formula is C36H33N3O6. The van der Waals surface area contributed by atoms with Gasteiger partial charge in [-0.1, -0.05) is 73.7 Å². The lowest BCUT2D eigenvalue weighted by atomic mass is 9.82. The summed E-state index contributed by atoms with van der Waals surface area (Å²) in [6, 6.07) is 28.7. The molecule has 0 spiro atoms. The fourth-order valence-corrected chi connectivity index (χ4v) is 5.81. The lowest BCUT2D eigenvalue weighted by Gasteiger charge is -2.28. The standard InChI is InChI=1S/C36H33N3O6/c1-24(10-9-17-33(41)38(20-21-40)23-25-11-3-2-4-12-25)36(44)28-22-26(18-19-29(28)37-35(36)43)39-30-14-6-8-16-32(30)45-31-15-7-5-13-27(31)34(39)42/h2-16,18-19,22,24,40,44H,17,20-21,23H2,1H3,(H,37,43)/b10-9+/t24-,36+/m1/s1. The summed E-state index contributed by atoms with van der Waals surface area (Å²) in [5.41, 5.74) is 1.10. The van der Waals surface area contributed by atoms with E-state index >= 15 is 0 Å². The largest absolute Gasteiger partial charge is 0.454 e. The molecule has 45 heavy (non-hydrogen) atoms. The van der Waals surface area contributed by atoms with Gasteiger partial charge in [0.05, 0.1) is 17.9 Å². The molecule has 4 aromatic rings. The van der Waals surface area contributed by atoms with Gasteiger partial charge in [0.1, 0.15) is 5.75 Å². The molecule has 0 aliphatic carbocycles. The highest BCUT2D eigenvalue weighted by Crippen LogP contribution is 2.47. The summed E-state index contributed by atoms with van der Waals surface area (Å²) in [6.45, 7) is 2.08. The van der Waals surface area contributed by atoms with Crippen LogP contribution in [0.2, 0.25) is 0 Å². The minimum atomic E-state index is -1.96. The van der Waals surface area contributed by atoms with E-state index in [4.69, 9.17) is 4.74 Å². The number of anilines is 3. The summed E-state index contributed by atoms with van der Waals surface area (Å²) in [5, 5.41) is 24.2. The average Bonchev–Trinajstić information content (AvgIpc) is 3.23. The van der Waals surface area contributed by atoms with Crippen molar-refractivity contribution in [2.75, 3.05) is 23.4 Å². The second-order valence-corrected chi connectivity index (χ2v) is 11.1. The smallest absolute Gasteiger partial charge is 0.266 e. The van der Waals surface area contributed by atoms with E-state index in [1.807, 2.05) is 42.5 Å². The molecule has 0 aromatic heterocycles. The van der Waals surface area contributed by atoms with Gasteiger partial charge in [-0.3, -0.25) is 19.3 Å². The van der Waals surface area contributed by atoms with Gasteiger partial charge in [-0.2, -0.15) is 0 Å².